The van der Waals surface area contributed by atoms with E-state index in [4.69, 9.17) is 0 Å². The number of rotatable bonds is 6. The Bertz CT molecular complexity index is 1220. The highest BCUT2D eigenvalue weighted by Crippen LogP contribution is 2.24. The van der Waals surface area contributed by atoms with Gasteiger partial charge in [0.05, 0.1) is 9.71 Å². The minimum Gasteiger partial charge on any atom is -0.508 e. The van der Waals surface area contributed by atoms with E-state index < -0.39 is 9.71 Å². The van der Waals surface area contributed by atoms with Crippen LogP contribution in [0.2, 0.25) is 0 Å². The summed E-state index contributed by atoms with van der Waals surface area (Å²) >= 11 is 0. The molecule has 0 radical (unpaired) electrons. The third-order valence-corrected chi connectivity index (χ3v) is 7.51. The number of phenols is 1. The van der Waals surface area contributed by atoms with Crippen LogP contribution >= 0.6 is 0 Å². The van der Waals surface area contributed by atoms with Crippen molar-refractivity contribution in [2.75, 3.05) is 31.5 Å². The van der Waals surface area contributed by atoms with Crippen molar-refractivity contribution in [3.8, 4) is 5.75 Å². The van der Waals surface area contributed by atoms with Crippen molar-refractivity contribution in [3.05, 3.63) is 71.5 Å². The Hall–Kier alpha value is -3.20. The molecule has 4 rings (SSSR count). The number of piperazine rings is 1. The van der Waals surface area contributed by atoms with Gasteiger partial charge < -0.3 is 15.7 Å². The summed E-state index contributed by atoms with van der Waals surface area (Å²) in [6.07, 6.45) is 7.24. The van der Waals surface area contributed by atoms with Gasteiger partial charge in [0.1, 0.15) is 5.75 Å². The SMILES string of the molecule is C=S(=O)(c1ccc(Nc2ncc(/C=C/c3cccc(O)c3)cn2)c(C)c1)N1CCNCC1. The summed E-state index contributed by atoms with van der Waals surface area (Å²) in [5, 5.41) is 16.0. The second kappa shape index (κ2) is 9.52. The van der Waals surface area contributed by atoms with E-state index in [2.05, 4.69) is 26.5 Å². The molecule has 3 aromatic rings. The molecule has 1 atom stereocenters. The van der Waals surface area contributed by atoms with E-state index in [1.54, 1.807) is 30.6 Å². The second-order valence-electron chi connectivity index (χ2n) is 7.69. The van der Waals surface area contributed by atoms with Crippen LogP contribution in [-0.2, 0) is 9.71 Å². The van der Waals surface area contributed by atoms with Crippen LogP contribution in [0.1, 0.15) is 16.7 Å². The summed E-state index contributed by atoms with van der Waals surface area (Å²) in [6.45, 7) is 5.05. The van der Waals surface area contributed by atoms with E-state index in [1.807, 2.05) is 47.6 Å². The fourth-order valence-corrected chi connectivity index (χ4v) is 5.21. The van der Waals surface area contributed by atoms with Crippen LogP contribution in [0.4, 0.5) is 11.6 Å². The number of aromatic nitrogens is 2. The monoisotopic (exact) mass is 449 g/mol. The van der Waals surface area contributed by atoms with Gasteiger partial charge in [-0.3, -0.25) is 0 Å². The number of benzene rings is 2. The normalized spacial score (nSPS) is 16.7. The van der Waals surface area contributed by atoms with Gasteiger partial charge >= 0.3 is 0 Å². The Labute approximate surface area is 189 Å². The Morgan fingerprint density at radius 1 is 1.09 bits per heavy atom. The number of hydrogen-bond acceptors (Lipinski definition) is 6. The molecule has 1 aliphatic heterocycles. The van der Waals surface area contributed by atoms with Crippen molar-refractivity contribution in [2.24, 2.45) is 0 Å². The molecule has 7 nitrogen and oxygen atoms in total. The minimum atomic E-state index is -2.50. The quantitative estimate of drug-likeness (QED) is 0.501. The van der Waals surface area contributed by atoms with E-state index in [1.165, 1.54) is 0 Å². The number of hydrogen-bond donors (Lipinski definition) is 3. The Morgan fingerprint density at radius 2 is 1.81 bits per heavy atom. The van der Waals surface area contributed by atoms with Crippen molar-refractivity contribution >= 4 is 39.4 Å². The first-order chi connectivity index (χ1) is 15.4. The highest BCUT2D eigenvalue weighted by molar-refractivity contribution is 7.98. The van der Waals surface area contributed by atoms with Gasteiger partial charge in [-0.25, -0.2) is 18.5 Å². The van der Waals surface area contributed by atoms with Crippen LogP contribution in [-0.4, -0.2) is 55.6 Å². The lowest BCUT2D eigenvalue weighted by molar-refractivity contribution is 0.379. The second-order valence-corrected chi connectivity index (χ2v) is 9.96. The highest BCUT2D eigenvalue weighted by atomic mass is 32.2. The molecule has 2 heterocycles. The van der Waals surface area contributed by atoms with Gasteiger partial charge in [0, 0.05) is 54.7 Å². The van der Waals surface area contributed by atoms with Gasteiger partial charge in [-0.1, -0.05) is 24.3 Å². The van der Waals surface area contributed by atoms with Crippen molar-refractivity contribution in [3.63, 3.8) is 0 Å². The number of phenolic OH excluding ortho intramolecular Hbond substituents is 1. The van der Waals surface area contributed by atoms with E-state index in [-0.39, 0.29) is 5.75 Å². The van der Waals surface area contributed by atoms with Crippen LogP contribution < -0.4 is 10.6 Å². The van der Waals surface area contributed by atoms with Crippen molar-refractivity contribution in [2.45, 2.75) is 11.8 Å². The van der Waals surface area contributed by atoms with Crippen LogP contribution in [0.5, 0.6) is 5.75 Å². The lowest BCUT2D eigenvalue weighted by Crippen LogP contribution is -2.46. The first-order valence-corrected chi connectivity index (χ1v) is 12.1. The largest absolute Gasteiger partial charge is 0.508 e. The smallest absolute Gasteiger partial charge is 0.227 e. The van der Waals surface area contributed by atoms with Gasteiger partial charge in [0.15, 0.2) is 0 Å². The molecule has 3 N–H and O–H groups in total. The van der Waals surface area contributed by atoms with E-state index in [0.717, 1.165) is 53.5 Å². The average molecular weight is 450 g/mol. The lowest BCUT2D eigenvalue weighted by atomic mass is 10.2. The molecule has 2 aromatic carbocycles. The number of aromatic hydroxyl groups is 1. The molecule has 166 valence electrons. The number of nitrogens with one attached hydrogen (secondary N) is 2. The molecular formula is C24H27N5O2S. The Balaban J connectivity index is 1.45. The predicted molar refractivity (Wildman–Crippen MR) is 132 cm³/mol. The Morgan fingerprint density at radius 3 is 2.50 bits per heavy atom. The fraction of sp³-hybridized carbons (Fsp3) is 0.208. The van der Waals surface area contributed by atoms with Gasteiger partial charge in [-0.05, 0) is 54.3 Å². The van der Waals surface area contributed by atoms with Gasteiger partial charge in [-0.15, -0.1) is 0 Å². The van der Waals surface area contributed by atoms with Gasteiger partial charge in [-0.2, -0.15) is 0 Å². The molecular weight excluding hydrogens is 422 g/mol. The first kappa shape index (κ1) is 22.0. The Kier molecular flexibility index (Phi) is 6.55. The highest BCUT2D eigenvalue weighted by Gasteiger charge is 2.21. The van der Waals surface area contributed by atoms with Crippen LogP contribution in [0, 0.1) is 6.92 Å². The number of nitrogens with zero attached hydrogens (tertiary/aromatic N) is 3. The lowest BCUT2D eigenvalue weighted by Gasteiger charge is -2.30. The maximum atomic E-state index is 13.3. The van der Waals surface area contributed by atoms with Crippen molar-refractivity contribution in [1.82, 2.24) is 19.6 Å². The van der Waals surface area contributed by atoms with E-state index in [0.29, 0.717) is 5.95 Å². The average Bonchev–Trinajstić information content (AvgIpc) is 2.80. The van der Waals surface area contributed by atoms with Crippen molar-refractivity contribution in [1.29, 1.82) is 0 Å². The summed E-state index contributed by atoms with van der Waals surface area (Å²) in [6, 6.07) is 12.7. The molecule has 0 bridgehead atoms. The van der Waals surface area contributed by atoms with Gasteiger partial charge in [0.25, 0.3) is 0 Å². The maximum Gasteiger partial charge on any atom is 0.227 e. The number of anilines is 2. The van der Waals surface area contributed by atoms with Gasteiger partial charge in [0.2, 0.25) is 5.95 Å². The van der Waals surface area contributed by atoms with E-state index in [9.17, 15) is 9.32 Å². The third-order valence-electron chi connectivity index (χ3n) is 5.32. The van der Waals surface area contributed by atoms with Crippen molar-refractivity contribution < 1.29 is 9.32 Å². The minimum absolute atomic E-state index is 0.229. The summed E-state index contributed by atoms with van der Waals surface area (Å²) in [5.41, 5.74) is 3.54. The molecule has 1 aliphatic rings. The zero-order valence-corrected chi connectivity index (χ0v) is 18.8. The molecule has 1 fully saturated rings. The molecule has 0 amide bonds. The van der Waals surface area contributed by atoms with Crippen LogP contribution in [0.3, 0.4) is 0 Å². The molecule has 1 aromatic heterocycles. The molecule has 0 saturated carbocycles. The number of aryl methyl sites for hydroxylation is 1. The standard InChI is InChI=1S/C24H27N5O2S/c1-18-14-22(32(2,31)29-12-10-25-11-13-29)8-9-23(18)28-24-26-16-20(17-27-24)7-6-19-4-3-5-21(30)15-19/h3-9,14-17,25,30H,2,10-13H2,1H3,(H,26,27,28)/b7-6+. The zero-order valence-electron chi connectivity index (χ0n) is 18.0. The predicted octanol–water partition coefficient (Wildman–Crippen LogP) is 3.30. The molecule has 0 spiro atoms. The third kappa shape index (κ3) is 5.16. The molecule has 1 unspecified atom stereocenters. The van der Waals surface area contributed by atoms with E-state index >= 15 is 0 Å². The molecule has 1 saturated heterocycles. The maximum absolute atomic E-state index is 13.3. The fourth-order valence-electron chi connectivity index (χ4n) is 3.49. The zero-order chi connectivity index (χ0) is 22.6. The molecule has 8 heteroatoms. The van der Waals surface area contributed by atoms with Crippen LogP contribution in [0.15, 0.2) is 59.8 Å². The topological polar surface area (TPSA) is 90.4 Å². The summed E-state index contributed by atoms with van der Waals surface area (Å²) < 4.78 is 15.3. The molecule has 0 aliphatic carbocycles. The summed E-state index contributed by atoms with van der Waals surface area (Å²) in [7, 11) is -2.50. The van der Waals surface area contributed by atoms with Crippen LogP contribution in [0.25, 0.3) is 12.2 Å². The summed E-state index contributed by atoms with van der Waals surface area (Å²) in [4.78, 5) is 9.50. The summed E-state index contributed by atoms with van der Waals surface area (Å²) in [5.74, 6) is 4.74. The molecule has 32 heavy (non-hydrogen) atoms. The first-order valence-electron chi connectivity index (χ1n) is 10.4.